The second-order valence-electron chi connectivity index (χ2n) is 5.24. The van der Waals surface area contributed by atoms with E-state index in [0.29, 0.717) is 5.52 Å². The van der Waals surface area contributed by atoms with Gasteiger partial charge in [0, 0.05) is 5.39 Å². The predicted octanol–water partition coefficient (Wildman–Crippen LogP) is 2.60. The SMILES string of the molecule is O=C(CNS(=O)(=O)c1ccccc1)N=Nc1c(O)[nH]c2ccc(F)cc12. The van der Waals surface area contributed by atoms with Crippen LogP contribution < -0.4 is 4.72 Å². The minimum absolute atomic E-state index is 0.00878. The molecular formula is C16H13FN4O4S. The number of carbonyl (C=O) groups is 1. The molecule has 3 aromatic rings. The molecule has 0 bridgehead atoms. The molecule has 0 fully saturated rings. The number of rotatable bonds is 5. The molecule has 0 saturated heterocycles. The molecule has 0 aliphatic rings. The number of hydrogen-bond acceptors (Lipinski definition) is 5. The van der Waals surface area contributed by atoms with Crippen LogP contribution in [-0.4, -0.2) is 31.0 Å². The van der Waals surface area contributed by atoms with Gasteiger partial charge in [-0.05, 0) is 30.3 Å². The summed E-state index contributed by atoms with van der Waals surface area (Å²) >= 11 is 0. The number of fused-ring (bicyclic) bond motifs is 1. The van der Waals surface area contributed by atoms with Crippen molar-refractivity contribution in [3.8, 4) is 5.88 Å². The number of nitrogens with one attached hydrogen (secondary N) is 2. The van der Waals surface area contributed by atoms with Crippen molar-refractivity contribution in [3.05, 3.63) is 54.3 Å². The number of amides is 1. The number of H-pyrrole nitrogens is 1. The van der Waals surface area contributed by atoms with E-state index in [1.165, 1.54) is 24.3 Å². The molecule has 0 radical (unpaired) electrons. The van der Waals surface area contributed by atoms with Gasteiger partial charge in [0.2, 0.25) is 15.9 Å². The van der Waals surface area contributed by atoms with Crippen molar-refractivity contribution in [2.45, 2.75) is 4.90 Å². The molecule has 3 N–H and O–H groups in total. The molecule has 0 aliphatic heterocycles. The molecule has 1 heterocycles. The highest BCUT2D eigenvalue weighted by Gasteiger charge is 2.15. The second-order valence-corrected chi connectivity index (χ2v) is 7.01. The van der Waals surface area contributed by atoms with E-state index >= 15 is 0 Å². The number of carbonyl (C=O) groups excluding carboxylic acids is 1. The van der Waals surface area contributed by atoms with Crippen LogP contribution in [0.15, 0.2) is 63.7 Å². The zero-order valence-corrected chi connectivity index (χ0v) is 14.0. The number of azo groups is 1. The molecule has 2 aromatic carbocycles. The Morgan fingerprint density at radius 1 is 1.19 bits per heavy atom. The maximum Gasteiger partial charge on any atom is 0.279 e. The Balaban J connectivity index is 1.73. The summed E-state index contributed by atoms with van der Waals surface area (Å²) in [5, 5.41) is 17.0. The highest BCUT2D eigenvalue weighted by molar-refractivity contribution is 7.89. The number of aromatic nitrogens is 1. The Morgan fingerprint density at radius 2 is 1.92 bits per heavy atom. The third-order valence-electron chi connectivity index (χ3n) is 3.44. The van der Waals surface area contributed by atoms with Gasteiger partial charge in [-0.25, -0.2) is 17.5 Å². The number of aromatic amines is 1. The van der Waals surface area contributed by atoms with Gasteiger partial charge in [-0.1, -0.05) is 18.2 Å². The number of sulfonamides is 1. The van der Waals surface area contributed by atoms with Gasteiger partial charge in [0.15, 0.2) is 5.69 Å². The fourth-order valence-electron chi connectivity index (χ4n) is 2.22. The van der Waals surface area contributed by atoms with Gasteiger partial charge in [-0.2, -0.15) is 0 Å². The Hall–Kier alpha value is -3.11. The molecule has 8 nitrogen and oxygen atoms in total. The van der Waals surface area contributed by atoms with Gasteiger partial charge in [0.1, 0.15) is 5.82 Å². The molecule has 0 spiro atoms. The average molecular weight is 376 g/mol. The summed E-state index contributed by atoms with van der Waals surface area (Å²) in [6.45, 7) is -0.613. The highest BCUT2D eigenvalue weighted by Crippen LogP contribution is 2.35. The first-order chi connectivity index (χ1) is 12.4. The third-order valence-corrected chi connectivity index (χ3v) is 4.86. The fraction of sp³-hybridized carbons (Fsp3) is 0.0625. The molecule has 10 heteroatoms. The molecular weight excluding hydrogens is 363 g/mol. The topological polar surface area (TPSA) is 124 Å². The summed E-state index contributed by atoms with van der Waals surface area (Å²) in [7, 11) is -3.85. The van der Waals surface area contributed by atoms with Crippen molar-refractivity contribution < 1.29 is 22.7 Å². The van der Waals surface area contributed by atoms with Crippen LogP contribution in [0.4, 0.5) is 10.1 Å². The lowest BCUT2D eigenvalue weighted by Gasteiger charge is -2.03. The van der Waals surface area contributed by atoms with Crippen LogP contribution in [0.25, 0.3) is 10.9 Å². The largest absolute Gasteiger partial charge is 0.493 e. The van der Waals surface area contributed by atoms with E-state index in [9.17, 15) is 22.7 Å². The third kappa shape index (κ3) is 3.76. The molecule has 26 heavy (non-hydrogen) atoms. The van der Waals surface area contributed by atoms with E-state index in [-0.39, 0.29) is 21.8 Å². The first-order valence-corrected chi connectivity index (χ1v) is 8.84. The van der Waals surface area contributed by atoms with E-state index in [4.69, 9.17) is 0 Å². The van der Waals surface area contributed by atoms with E-state index in [1.54, 1.807) is 18.2 Å². The van der Waals surface area contributed by atoms with Crippen LogP contribution in [0.2, 0.25) is 0 Å². The maximum atomic E-state index is 13.3. The van der Waals surface area contributed by atoms with E-state index < -0.39 is 28.3 Å². The summed E-state index contributed by atoms with van der Waals surface area (Å²) in [5.74, 6) is -1.81. The van der Waals surface area contributed by atoms with Gasteiger partial charge in [-0.15, -0.1) is 10.2 Å². The number of benzene rings is 2. The molecule has 1 amide bonds. The maximum absolute atomic E-state index is 13.3. The van der Waals surface area contributed by atoms with Crippen molar-refractivity contribution >= 4 is 32.5 Å². The van der Waals surface area contributed by atoms with E-state index in [1.807, 2.05) is 0 Å². The van der Waals surface area contributed by atoms with Crippen LogP contribution in [0.3, 0.4) is 0 Å². The number of halogens is 1. The average Bonchev–Trinajstić information content (AvgIpc) is 2.93. The molecule has 0 saturated carbocycles. The van der Waals surface area contributed by atoms with Gasteiger partial charge >= 0.3 is 0 Å². The lowest BCUT2D eigenvalue weighted by Crippen LogP contribution is -2.28. The standard InChI is InChI=1S/C16H13FN4O4S/c17-10-6-7-13-12(8-10)15(16(23)19-13)21-20-14(22)9-18-26(24,25)11-4-2-1-3-5-11/h1-8,18-19,23H,9H2. The van der Waals surface area contributed by atoms with Crippen LogP contribution >= 0.6 is 0 Å². The number of nitrogens with zero attached hydrogens (tertiary/aromatic N) is 2. The van der Waals surface area contributed by atoms with Crippen molar-refractivity contribution in [1.82, 2.24) is 9.71 Å². The van der Waals surface area contributed by atoms with Crippen molar-refractivity contribution in [2.24, 2.45) is 10.2 Å². The molecule has 0 atom stereocenters. The minimum atomic E-state index is -3.85. The van der Waals surface area contributed by atoms with E-state index in [0.717, 1.165) is 6.07 Å². The Bertz CT molecular complexity index is 1090. The van der Waals surface area contributed by atoms with Crippen LogP contribution in [-0.2, 0) is 14.8 Å². The van der Waals surface area contributed by atoms with Crippen LogP contribution in [0.5, 0.6) is 5.88 Å². The van der Waals surface area contributed by atoms with Crippen molar-refractivity contribution in [3.63, 3.8) is 0 Å². The van der Waals surface area contributed by atoms with Gasteiger partial charge in [0.05, 0.1) is 17.0 Å². The Labute approximate surface area is 147 Å². The summed E-state index contributed by atoms with van der Waals surface area (Å²) in [6, 6.07) is 11.3. The molecule has 134 valence electrons. The van der Waals surface area contributed by atoms with Crippen molar-refractivity contribution in [2.75, 3.05) is 6.54 Å². The smallest absolute Gasteiger partial charge is 0.279 e. The minimum Gasteiger partial charge on any atom is -0.493 e. The van der Waals surface area contributed by atoms with Crippen LogP contribution in [0.1, 0.15) is 0 Å². The van der Waals surface area contributed by atoms with E-state index in [2.05, 4.69) is 19.9 Å². The predicted molar refractivity (Wildman–Crippen MR) is 91.1 cm³/mol. The Kier molecular flexibility index (Phi) is 4.78. The summed E-state index contributed by atoms with van der Waals surface area (Å²) in [5.41, 5.74) is 0.300. The summed E-state index contributed by atoms with van der Waals surface area (Å²) < 4.78 is 39.5. The molecule has 0 unspecified atom stereocenters. The van der Waals surface area contributed by atoms with Gasteiger partial charge in [0.25, 0.3) is 5.91 Å². The van der Waals surface area contributed by atoms with Crippen molar-refractivity contribution in [1.29, 1.82) is 0 Å². The lowest BCUT2D eigenvalue weighted by atomic mass is 10.2. The van der Waals surface area contributed by atoms with Gasteiger partial charge < -0.3 is 10.1 Å². The summed E-state index contributed by atoms with van der Waals surface area (Å²) in [6.07, 6.45) is 0. The first kappa shape index (κ1) is 17.7. The fourth-order valence-corrected chi connectivity index (χ4v) is 3.21. The monoisotopic (exact) mass is 376 g/mol. The first-order valence-electron chi connectivity index (χ1n) is 7.36. The highest BCUT2D eigenvalue weighted by atomic mass is 32.2. The summed E-state index contributed by atoms with van der Waals surface area (Å²) in [4.78, 5) is 14.4. The normalized spacial score (nSPS) is 12.0. The zero-order valence-electron chi connectivity index (χ0n) is 13.2. The number of hydrogen-bond donors (Lipinski definition) is 3. The Morgan fingerprint density at radius 3 is 2.65 bits per heavy atom. The number of aromatic hydroxyl groups is 1. The van der Waals surface area contributed by atoms with Crippen LogP contribution in [0, 0.1) is 5.82 Å². The molecule has 0 aliphatic carbocycles. The molecule has 1 aromatic heterocycles. The second kappa shape index (κ2) is 7.02. The van der Waals surface area contributed by atoms with Gasteiger partial charge in [-0.3, -0.25) is 4.79 Å². The zero-order chi connectivity index (χ0) is 18.7. The quantitative estimate of drug-likeness (QED) is 0.592. The lowest BCUT2D eigenvalue weighted by molar-refractivity contribution is -0.117. The molecule has 3 rings (SSSR count).